The van der Waals surface area contributed by atoms with Crippen molar-refractivity contribution in [1.82, 2.24) is 19.9 Å². The molecule has 33 heavy (non-hydrogen) atoms. The summed E-state index contributed by atoms with van der Waals surface area (Å²) in [4.78, 5) is 28.5. The summed E-state index contributed by atoms with van der Waals surface area (Å²) in [5.41, 5.74) is 2.64. The fourth-order valence-corrected chi connectivity index (χ4v) is 4.33. The van der Waals surface area contributed by atoms with Crippen molar-refractivity contribution < 1.29 is 18.0 Å². The topological polar surface area (TPSA) is 72.1 Å². The maximum Gasteiger partial charge on any atom is 0.254 e. The fraction of sp³-hybridized carbons (Fsp3) is 0.280. The summed E-state index contributed by atoms with van der Waals surface area (Å²) in [6.45, 7) is 4.34. The van der Waals surface area contributed by atoms with E-state index in [2.05, 4.69) is 15.0 Å². The molecule has 3 heterocycles. The van der Waals surface area contributed by atoms with E-state index >= 15 is 0 Å². The summed E-state index contributed by atoms with van der Waals surface area (Å²) in [6, 6.07) is 9.44. The number of hydrogen-bond acceptors (Lipinski definition) is 5. The third-order valence-electron chi connectivity index (χ3n) is 6.15. The molecule has 0 radical (unpaired) electrons. The highest BCUT2D eigenvalue weighted by Crippen LogP contribution is 2.34. The number of aromatic nitrogens is 3. The standard InChI is InChI=1S/C25H22F2N4O2/c1-14-4-7-17(23-28-8-3-9-29-23)18(10-14)25(32)31-13-16(6-5-15(31)2)24-30-21-11-19(26)20(27)12-22(21)33-24/h3-4,7-12,15-16H,5-6,13H2,1-2H3/t15-,16-/m1/s1. The highest BCUT2D eigenvalue weighted by molar-refractivity contribution is 6.00. The van der Waals surface area contributed by atoms with E-state index in [1.54, 1.807) is 18.5 Å². The largest absolute Gasteiger partial charge is 0.440 e. The zero-order chi connectivity index (χ0) is 23.1. The normalized spacial score (nSPS) is 18.6. The zero-order valence-electron chi connectivity index (χ0n) is 18.3. The SMILES string of the molecule is Cc1ccc(-c2ncccn2)c(C(=O)N2C[C@H](c3nc4cc(F)c(F)cc4o3)CC[C@H]2C)c1. The Hall–Kier alpha value is -3.68. The number of oxazole rings is 1. The Morgan fingerprint density at radius 3 is 2.64 bits per heavy atom. The zero-order valence-corrected chi connectivity index (χ0v) is 18.3. The monoisotopic (exact) mass is 448 g/mol. The van der Waals surface area contributed by atoms with Crippen molar-refractivity contribution in [3.63, 3.8) is 0 Å². The van der Waals surface area contributed by atoms with Gasteiger partial charge in [-0.2, -0.15) is 0 Å². The molecule has 1 aliphatic rings. The maximum absolute atomic E-state index is 13.7. The van der Waals surface area contributed by atoms with Gasteiger partial charge >= 0.3 is 0 Å². The summed E-state index contributed by atoms with van der Waals surface area (Å²) < 4.78 is 32.9. The molecule has 6 nitrogen and oxygen atoms in total. The van der Waals surface area contributed by atoms with Crippen LogP contribution >= 0.6 is 0 Å². The first kappa shape index (κ1) is 21.2. The number of nitrogens with zero attached hydrogens (tertiary/aromatic N) is 4. The van der Waals surface area contributed by atoms with Crippen LogP contribution in [0.3, 0.4) is 0 Å². The number of carbonyl (C=O) groups excluding carboxylic acids is 1. The molecule has 168 valence electrons. The van der Waals surface area contributed by atoms with Gasteiger partial charge in [-0.25, -0.2) is 23.7 Å². The minimum Gasteiger partial charge on any atom is -0.440 e. The van der Waals surface area contributed by atoms with Crippen molar-refractivity contribution in [2.45, 2.75) is 38.6 Å². The summed E-state index contributed by atoms with van der Waals surface area (Å²) in [6.07, 6.45) is 4.80. The molecule has 1 fully saturated rings. The Labute approximate surface area is 189 Å². The van der Waals surface area contributed by atoms with E-state index in [0.29, 0.717) is 29.4 Å². The molecule has 0 unspecified atom stereocenters. The molecule has 2 aromatic heterocycles. The molecule has 1 amide bonds. The summed E-state index contributed by atoms with van der Waals surface area (Å²) in [5, 5.41) is 0. The van der Waals surface area contributed by atoms with Gasteiger partial charge in [-0.05, 0) is 38.8 Å². The molecule has 4 aromatic rings. The number of carbonyl (C=O) groups is 1. The number of benzene rings is 2. The lowest BCUT2D eigenvalue weighted by molar-refractivity contribution is 0.0598. The number of halogens is 2. The van der Waals surface area contributed by atoms with Crippen LogP contribution < -0.4 is 0 Å². The van der Waals surface area contributed by atoms with E-state index in [0.717, 1.165) is 30.5 Å². The van der Waals surface area contributed by atoms with E-state index in [1.807, 2.05) is 36.9 Å². The lowest BCUT2D eigenvalue weighted by Gasteiger charge is -2.37. The minimum atomic E-state index is -0.977. The molecule has 2 aromatic carbocycles. The first-order valence-corrected chi connectivity index (χ1v) is 10.8. The van der Waals surface area contributed by atoms with Gasteiger partial charge in [0.25, 0.3) is 5.91 Å². The van der Waals surface area contributed by atoms with Crippen molar-refractivity contribution in [2.24, 2.45) is 0 Å². The smallest absolute Gasteiger partial charge is 0.254 e. The fourth-order valence-electron chi connectivity index (χ4n) is 4.33. The molecule has 8 heteroatoms. The molecule has 0 spiro atoms. The Morgan fingerprint density at radius 2 is 1.85 bits per heavy atom. The van der Waals surface area contributed by atoms with Gasteiger partial charge in [0.1, 0.15) is 5.52 Å². The van der Waals surface area contributed by atoms with E-state index < -0.39 is 11.6 Å². The van der Waals surface area contributed by atoms with Gasteiger partial charge < -0.3 is 9.32 Å². The summed E-state index contributed by atoms with van der Waals surface area (Å²) in [7, 11) is 0. The number of amides is 1. The van der Waals surface area contributed by atoms with E-state index in [-0.39, 0.29) is 29.0 Å². The average molecular weight is 448 g/mol. The molecule has 0 N–H and O–H groups in total. The number of rotatable bonds is 3. The lowest BCUT2D eigenvalue weighted by Crippen LogP contribution is -2.45. The Kier molecular flexibility index (Phi) is 5.36. The Morgan fingerprint density at radius 1 is 1.09 bits per heavy atom. The number of piperidine rings is 1. The molecule has 5 rings (SSSR count). The summed E-state index contributed by atoms with van der Waals surface area (Å²) in [5.74, 6) is -1.36. The predicted octanol–water partition coefficient (Wildman–Crippen LogP) is 5.28. The minimum absolute atomic E-state index is 0.0121. The van der Waals surface area contributed by atoms with Gasteiger partial charge in [0.2, 0.25) is 0 Å². The van der Waals surface area contributed by atoms with Gasteiger partial charge in [-0.1, -0.05) is 17.7 Å². The number of aryl methyl sites for hydroxylation is 1. The first-order valence-electron chi connectivity index (χ1n) is 10.8. The van der Waals surface area contributed by atoms with Gasteiger partial charge in [0, 0.05) is 42.7 Å². The highest BCUT2D eigenvalue weighted by Gasteiger charge is 2.34. The van der Waals surface area contributed by atoms with Crippen molar-refractivity contribution in [2.75, 3.05) is 6.54 Å². The van der Waals surface area contributed by atoms with Crippen LogP contribution in [0.2, 0.25) is 0 Å². The predicted molar refractivity (Wildman–Crippen MR) is 119 cm³/mol. The third-order valence-corrected chi connectivity index (χ3v) is 6.15. The quantitative estimate of drug-likeness (QED) is 0.426. The molecule has 0 bridgehead atoms. The van der Waals surface area contributed by atoms with Gasteiger partial charge in [0.05, 0.1) is 11.5 Å². The van der Waals surface area contributed by atoms with Gasteiger partial charge in [0.15, 0.2) is 28.9 Å². The van der Waals surface area contributed by atoms with Gasteiger partial charge in [-0.3, -0.25) is 4.79 Å². The molecular formula is C25H22F2N4O2. The first-order chi connectivity index (χ1) is 15.9. The molecule has 0 saturated carbocycles. The van der Waals surface area contributed by atoms with Crippen LogP contribution in [0.5, 0.6) is 0 Å². The molecule has 1 saturated heterocycles. The highest BCUT2D eigenvalue weighted by atomic mass is 19.2. The van der Waals surface area contributed by atoms with Crippen molar-refractivity contribution in [3.05, 3.63) is 77.4 Å². The van der Waals surface area contributed by atoms with Crippen LogP contribution in [-0.2, 0) is 0 Å². The Bertz CT molecular complexity index is 1300. The lowest BCUT2D eigenvalue weighted by atomic mass is 9.92. The van der Waals surface area contributed by atoms with E-state index in [9.17, 15) is 13.6 Å². The van der Waals surface area contributed by atoms with Crippen LogP contribution in [0.4, 0.5) is 8.78 Å². The second-order valence-corrected chi connectivity index (χ2v) is 8.49. The van der Waals surface area contributed by atoms with E-state index in [4.69, 9.17) is 4.42 Å². The summed E-state index contributed by atoms with van der Waals surface area (Å²) >= 11 is 0. The van der Waals surface area contributed by atoms with E-state index in [1.165, 1.54) is 0 Å². The van der Waals surface area contributed by atoms with Crippen molar-refractivity contribution >= 4 is 17.0 Å². The molecular weight excluding hydrogens is 426 g/mol. The number of hydrogen-bond donors (Lipinski definition) is 0. The van der Waals surface area contributed by atoms with Crippen LogP contribution in [0.15, 0.2) is 53.2 Å². The van der Waals surface area contributed by atoms with Gasteiger partial charge in [-0.15, -0.1) is 0 Å². The number of fused-ring (bicyclic) bond motifs is 1. The molecule has 2 atom stereocenters. The van der Waals surface area contributed by atoms with Crippen LogP contribution in [0, 0.1) is 18.6 Å². The van der Waals surface area contributed by atoms with Crippen LogP contribution in [0.1, 0.15) is 47.5 Å². The van der Waals surface area contributed by atoms with Crippen LogP contribution in [0.25, 0.3) is 22.5 Å². The average Bonchev–Trinajstić information content (AvgIpc) is 3.22. The van der Waals surface area contributed by atoms with Crippen molar-refractivity contribution in [3.8, 4) is 11.4 Å². The Balaban J connectivity index is 1.47. The van der Waals surface area contributed by atoms with Crippen molar-refractivity contribution in [1.29, 1.82) is 0 Å². The van der Waals surface area contributed by atoms with Crippen LogP contribution in [-0.4, -0.2) is 38.3 Å². The second-order valence-electron chi connectivity index (χ2n) is 8.49. The second kappa shape index (κ2) is 8.35. The number of likely N-dealkylation sites (tertiary alicyclic amines) is 1. The molecule has 0 aliphatic carbocycles. The molecule has 1 aliphatic heterocycles. The maximum atomic E-state index is 13.7. The third kappa shape index (κ3) is 3.97.